The normalized spacial score (nSPS) is 14.5. The first-order valence-corrected chi connectivity index (χ1v) is 14.4. The molecule has 0 spiro atoms. The summed E-state index contributed by atoms with van der Waals surface area (Å²) < 4.78 is 49.5. The zero-order valence-electron chi connectivity index (χ0n) is 23.2. The van der Waals surface area contributed by atoms with Gasteiger partial charge < -0.3 is 10.3 Å². The molecule has 3 aromatic carbocycles. The van der Waals surface area contributed by atoms with E-state index in [9.17, 15) is 4.39 Å². The smallest absolute Gasteiger partial charge is 0.288 e. The van der Waals surface area contributed by atoms with E-state index in [2.05, 4.69) is 17.2 Å². The van der Waals surface area contributed by atoms with Crippen LogP contribution >= 0.6 is 0 Å². The molecule has 2 N–H and O–H groups in total. The summed E-state index contributed by atoms with van der Waals surface area (Å²) in [6.45, 7) is 8.87. The molecule has 4 rings (SSSR count). The minimum atomic E-state index is -3.08. The molecule has 2 atom stereocenters. The van der Waals surface area contributed by atoms with Gasteiger partial charge in [-0.1, -0.05) is 60.7 Å². The highest BCUT2D eigenvalue weighted by molar-refractivity contribution is 7.94. The number of halogens is 3. The summed E-state index contributed by atoms with van der Waals surface area (Å²) in [7, 11) is 0. The highest BCUT2D eigenvalue weighted by atomic mass is 32.2. The van der Waals surface area contributed by atoms with Gasteiger partial charge in [-0.25, -0.2) is 13.2 Å². The van der Waals surface area contributed by atoms with Crippen LogP contribution in [0.3, 0.4) is 0 Å². The zero-order valence-corrected chi connectivity index (χ0v) is 24.0. The van der Waals surface area contributed by atoms with Crippen LogP contribution in [0, 0.1) is 5.82 Å². The maximum absolute atomic E-state index is 15.3. The maximum atomic E-state index is 15.3. The molecular formula is C32H38F3N2OS+. The van der Waals surface area contributed by atoms with Crippen LogP contribution in [-0.2, 0) is 26.5 Å². The van der Waals surface area contributed by atoms with Crippen molar-refractivity contribution in [3.8, 4) is 0 Å². The predicted octanol–water partition coefficient (Wildman–Crippen LogP) is 7.78. The average molecular weight is 556 g/mol. The van der Waals surface area contributed by atoms with Crippen molar-refractivity contribution >= 4 is 22.1 Å². The molecule has 0 bridgehead atoms. The molecule has 1 unspecified atom stereocenters. The lowest BCUT2D eigenvalue weighted by Gasteiger charge is -2.35. The molecule has 0 aliphatic carbocycles. The van der Waals surface area contributed by atoms with Crippen LogP contribution in [-0.4, -0.2) is 34.8 Å². The van der Waals surface area contributed by atoms with Gasteiger partial charge in [0.15, 0.2) is 22.5 Å². The summed E-state index contributed by atoms with van der Waals surface area (Å²) in [4.78, 5) is 3.12. The fourth-order valence-corrected chi connectivity index (χ4v) is 7.85. The Kier molecular flexibility index (Phi) is 8.84. The van der Waals surface area contributed by atoms with Crippen molar-refractivity contribution < 1.29 is 17.4 Å². The van der Waals surface area contributed by atoms with Crippen molar-refractivity contribution in [1.82, 2.24) is 10.3 Å². The standard InChI is InChI=1S/C32H38F3N2OS/c1-23(18-24-20-36-29-17-16-27(33)19-28(24)29)37-21-32(34,35)22-38-39(30(2,3)4)31(5,25-12-8-6-9-13-25)26-14-10-7-11-15-26/h6-17,19-20,23,36-37H,18,21-22H2,1-5H3/q+1/t23-,39?/m1/s1. The van der Waals surface area contributed by atoms with Crippen LogP contribution in [0.25, 0.3) is 10.9 Å². The Hall–Kier alpha value is -2.74. The van der Waals surface area contributed by atoms with Crippen molar-refractivity contribution in [3.05, 3.63) is 108 Å². The fourth-order valence-electron chi connectivity index (χ4n) is 5.04. The average Bonchev–Trinajstić information content (AvgIpc) is 3.29. The molecule has 0 aliphatic rings. The van der Waals surface area contributed by atoms with Crippen molar-refractivity contribution in [1.29, 1.82) is 0 Å². The molecule has 0 fully saturated rings. The second kappa shape index (κ2) is 11.8. The third-order valence-corrected chi connectivity index (χ3v) is 9.61. The number of rotatable bonds is 11. The Morgan fingerprint density at radius 2 is 1.49 bits per heavy atom. The molecule has 0 amide bonds. The molecule has 1 heterocycles. The van der Waals surface area contributed by atoms with Gasteiger partial charge in [0.05, 0.1) is 6.54 Å². The first-order valence-electron chi connectivity index (χ1n) is 13.3. The van der Waals surface area contributed by atoms with Crippen molar-refractivity contribution in [2.24, 2.45) is 0 Å². The van der Waals surface area contributed by atoms with Crippen LogP contribution in [0.4, 0.5) is 13.2 Å². The van der Waals surface area contributed by atoms with E-state index >= 15 is 8.78 Å². The molecule has 39 heavy (non-hydrogen) atoms. The monoisotopic (exact) mass is 555 g/mol. The predicted molar refractivity (Wildman–Crippen MR) is 157 cm³/mol. The van der Waals surface area contributed by atoms with E-state index in [0.29, 0.717) is 6.42 Å². The van der Waals surface area contributed by atoms with E-state index in [-0.39, 0.29) is 11.9 Å². The van der Waals surface area contributed by atoms with Crippen LogP contribution in [0.5, 0.6) is 0 Å². The highest BCUT2D eigenvalue weighted by Gasteiger charge is 2.56. The lowest BCUT2D eigenvalue weighted by atomic mass is 9.92. The van der Waals surface area contributed by atoms with Crippen LogP contribution < -0.4 is 5.32 Å². The molecule has 208 valence electrons. The SMILES string of the molecule is C[C@H](Cc1c[nH]c2ccc(F)cc12)NCC(F)(F)CO[S+](C(C)(C)C)C(C)(c1ccccc1)c1ccccc1. The maximum Gasteiger partial charge on any atom is 0.288 e. The molecule has 0 aliphatic heterocycles. The Morgan fingerprint density at radius 3 is 2.05 bits per heavy atom. The molecule has 4 aromatic rings. The second-order valence-corrected chi connectivity index (χ2v) is 14.1. The number of fused-ring (bicyclic) bond motifs is 1. The van der Waals surface area contributed by atoms with Crippen LogP contribution in [0.15, 0.2) is 85.1 Å². The van der Waals surface area contributed by atoms with Crippen molar-refractivity contribution in [2.75, 3.05) is 13.2 Å². The number of benzene rings is 3. The summed E-state index contributed by atoms with van der Waals surface area (Å²) in [5, 5.41) is 3.74. The largest absolute Gasteiger partial charge is 0.361 e. The van der Waals surface area contributed by atoms with Crippen molar-refractivity contribution in [3.63, 3.8) is 0 Å². The molecule has 7 heteroatoms. The van der Waals surface area contributed by atoms with Crippen LogP contribution in [0.1, 0.15) is 51.3 Å². The lowest BCUT2D eigenvalue weighted by Crippen LogP contribution is -2.49. The number of aromatic amines is 1. The van der Waals surface area contributed by atoms with Gasteiger partial charge in [-0.3, -0.25) is 0 Å². The highest BCUT2D eigenvalue weighted by Crippen LogP contribution is 2.45. The first kappa shape index (κ1) is 29.2. The van der Waals surface area contributed by atoms with Gasteiger partial charge in [-0.2, -0.15) is 4.18 Å². The molecule has 0 saturated heterocycles. The molecule has 3 nitrogen and oxygen atoms in total. The number of alkyl halides is 2. The summed E-state index contributed by atoms with van der Waals surface area (Å²) in [5.41, 5.74) is 3.77. The Balaban J connectivity index is 1.48. The van der Waals surface area contributed by atoms with Crippen LogP contribution in [0.2, 0.25) is 0 Å². The zero-order chi connectivity index (χ0) is 28.3. The summed E-state index contributed by atoms with van der Waals surface area (Å²) in [6.07, 6.45) is 2.30. The topological polar surface area (TPSA) is 37.0 Å². The van der Waals surface area contributed by atoms with E-state index < -0.39 is 39.7 Å². The van der Waals surface area contributed by atoms with Crippen molar-refractivity contribution in [2.45, 2.75) is 62.5 Å². The second-order valence-electron chi connectivity index (χ2n) is 11.3. The van der Waals surface area contributed by atoms with E-state index in [1.165, 1.54) is 12.1 Å². The van der Waals surface area contributed by atoms with E-state index in [1.807, 2.05) is 94.6 Å². The number of aromatic nitrogens is 1. The van der Waals surface area contributed by atoms with Gasteiger partial charge in [0.1, 0.15) is 5.82 Å². The molecule has 0 radical (unpaired) electrons. The molecular weight excluding hydrogens is 517 g/mol. The fraction of sp³-hybridized carbons (Fsp3) is 0.375. The summed E-state index contributed by atoms with van der Waals surface area (Å²) >= 11 is -0.899. The van der Waals surface area contributed by atoms with Gasteiger partial charge in [0.2, 0.25) is 4.75 Å². The Labute approximate surface area is 232 Å². The number of nitrogens with one attached hydrogen (secondary N) is 2. The van der Waals surface area contributed by atoms with E-state index in [4.69, 9.17) is 4.18 Å². The first-order chi connectivity index (χ1) is 18.4. The Morgan fingerprint density at radius 1 is 0.897 bits per heavy atom. The summed E-state index contributed by atoms with van der Waals surface area (Å²) in [5.74, 6) is -3.40. The number of hydrogen-bond acceptors (Lipinski definition) is 2. The lowest BCUT2D eigenvalue weighted by molar-refractivity contribution is -0.0375. The molecule has 1 aromatic heterocycles. The number of hydrogen-bond donors (Lipinski definition) is 2. The van der Waals surface area contributed by atoms with E-state index in [0.717, 1.165) is 27.6 Å². The third kappa shape index (κ3) is 6.89. The van der Waals surface area contributed by atoms with E-state index in [1.54, 1.807) is 6.07 Å². The minimum Gasteiger partial charge on any atom is -0.361 e. The van der Waals surface area contributed by atoms with Gasteiger partial charge >= 0.3 is 0 Å². The summed E-state index contributed by atoms with van der Waals surface area (Å²) in [6, 6.07) is 24.3. The molecule has 0 saturated carbocycles. The number of H-pyrrole nitrogens is 1. The Bertz CT molecular complexity index is 1310. The van der Waals surface area contributed by atoms with Gasteiger partial charge in [0, 0.05) is 34.3 Å². The third-order valence-electron chi connectivity index (χ3n) is 6.93. The van der Waals surface area contributed by atoms with Gasteiger partial charge in [-0.15, -0.1) is 0 Å². The quantitative estimate of drug-likeness (QED) is 0.186. The minimum absolute atomic E-state index is 0.238. The van der Waals surface area contributed by atoms with Gasteiger partial charge in [0.25, 0.3) is 5.92 Å². The van der Waals surface area contributed by atoms with Gasteiger partial charge in [-0.05, 0) is 64.8 Å².